The molecule has 0 radical (unpaired) electrons. The summed E-state index contributed by atoms with van der Waals surface area (Å²) in [6.07, 6.45) is 3.15. The quantitative estimate of drug-likeness (QED) is 0.703. The van der Waals surface area contributed by atoms with Crippen molar-refractivity contribution in [2.45, 2.75) is 27.3 Å². The van der Waals surface area contributed by atoms with Crippen LogP contribution in [0.3, 0.4) is 0 Å². The molecule has 0 spiro atoms. The summed E-state index contributed by atoms with van der Waals surface area (Å²) in [5, 5.41) is 3.19. The first kappa shape index (κ1) is 18.6. The molecule has 1 amide bonds. The Morgan fingerprint density at radius 1 is 1.00 bits per heavy atom. The molecule has 0 aliphatic heterocycles. The molecule has 5 nitrogen and oxygen atoms in total. The van der Waals surface area contributed by atoms with E-state index in [0.717, 1.165) is 11.3 Å². The third-order valence-corrected chi connectivity index (χ3v) is 4.26. The van der Waals surface area contributed by atoms with Crippen molar-refractivity contribution in [2.24, 2.45) is 0 Å². The van der Waals surface area contributed by atoms with Gasteiger partial charge in [0, 0.05) is 31.2 Å². The molecule has 0 aliphatic carbocycles. The minimum Gasteiger partial charge on any atom is -0.335 e. The van der Waals surface area contributed by atoms with Crippen molar-refractivity contribution < 1.29 is 4.79 Å². The number of aryl methyl sites for hydroxylation is 2. The zero-order valence-electron chi connectivity index (χ0n) is 15.9. The molecule has 3 rings (SSSR count). The summed E-state index contributed by atoms with van der Waals surface area (Å²) in [6, 6.07) is 16.1. The highest BCUT2D eigenvalue weighted by molar-refractivity contribution is 5.93. The standard InChI is InChI=1S/C22H24N4O/c1-4-26(15-18-8-6-5-7-9-18)21(27)19-13-23-22(24-14-19)25-20-11-16(2)10-17(3)12-20/h5-14H,4,15H2,1-3H3,(H,23,24,25). The molecule has 0 unspecified atom stereocenters. The average molecular weight is 360 g/mol. The van der Waals surface area contributed by atoms with Crippen LogP contribution in [-0.2, 0) is 6.54 Å². The van der Waals surface area contributed by atoms with Gasteiger partial charge in [-0.05, 0) is 49.6 Å². The normalized spacial score (nSPS) is 10.5. The number of nitrogens with one attached hydrogen (secondary N) is 1. The van der Waals surface area contributed by atoms with E-state index in [9.17, 15) is 4.79 Å². The van der Waals surface area contributed by atoms with Crippen LogP contribution in [0.4, 0.5) is 11.6 Å². The number of rotatable bonds is 6. The SMILES string of the molecule is CCN(Cc1ccccc1)C(=O)c1cnc(Nc2cc(C)cc(C)c2)nc1. The van der Waals surface area contributed by atoms with Crippen molar-refractivity contribution in [3.8, 4) is 0 Å². The first-order valence-corrected chi connectivity index (χ1v) is 9.05. The van der Waals surface area contributed by atoms with E-state index in [1.165, 1.54) is 11.1 Å². The fraction of sp³-hybridized carbons (Fsp3) is 0.227. The summed E-state index contributed by atoms with van der Waals surface area (Å²) in [6.45, 7) is 7.26. The van der Waals surface area contributed by atoms with Gasteiger partial charge in [0.25, 0.3) is 5.91 Å². The minimum atomic E-state index is -0.0701. The predicted molar refractivity (Wildman–Crippen MR) is 108 cm³/mol. The number of hydrogen-bond acceptors (Lipinski definition) is 4. The molecule has 5 heteroatoms. The smallest absolute Gasteiger partial charge is 0.257 e. The number of hydrogen-bond donors (Lipinski definition) is 1. The highest BCUT2D eigenvalue weighted by Gasteiger charge is 2.15. The van der Waals surface area contributed by atoms with E-state index >= 15 is 0 Å². The topological polar surface area (TPSA) is 58.1 Å². The Kier molecular flexibility index (Phi) is 5.81. The number of carbonyl (C=O) groups is 1. The van der Waals surface area contributed by atoms with Crippen molar-refractivity contribution in [3.05, 3.63) is 83.2 Å². The zero-order chi connectivity index (χ0) is 19.2. The van der Waals surface area contributed by atoms with Crippen LogP contribution in [0, 0.1) is 13.8 Å². The molecule has 1 heterocycles. The second-order valence-electron chi connectivity index (χ2n) is 6.60. The molecule has 27 heavy (non-hydrogen) atoms. The lowest BCUT2D eigenvalue weighted by molar-refractivity contribution is 0.0752. The summed E-state index contributed by atoms with van der Waals surface area (Å²) in [5.41, 5.74) is 4.86. The van der Waals surface area contributed by atoms with Crippen LogP contribution in [-0.4, -0.2) is 27.3 Å². The van der Waals surface area contributed by atoms with Crippen molar-refractivity contribution in [1.82, 2.24) is 14.9 Å². The van der Waals surface area contributed by atoms with Gasteiger partial charge in [0.15, 0.2) is 0 Å². The maximum absolute atomic E-state index is 12.8. The van der Waals surface area contributed by atoms with Gasteiger partial charge in [0.1, 0.15) is 0 Å². The van der Waals surface area contributed by atoms with E-state index in [1.54, 1.807) is 17.3 Å². The lowest BCUT2D eigenvalue weighted by atomic mass is 10.1. The van der Waals surface area contributed by atoms with Crippen LogP contribution in [0.5, 0.6) is 0 Å². The first-order valence-electron chi connectivity index (χ1n) is 9.05. The molecule has 2 aromatic carbocycles. The van der Waals surface area contributed by atoms with Gasteiger partial charge < -0.3 is 10.2 Å². The number of nitrogens with zero attached hydrogens (tertiary/aromatic N) is 3. The molecule has 1 N–H and O–H groups in total. The zero-order valence-corrected chi connectivity index (χ0v) is 15.9. The number of amides is 1. The summed E-state index contributed by atoms with van der Waals surface area (Å²) in [5.74, 6) is 0.405. The van der Waals surface area contributed by atoms with Crippen LogP contribution in [0.25, 0.3) is 0 Å². The maximum Gasteiger partial charge on any atom is 0.257 e. The van der Waals surface area contributed by atoms with Gasteiger partial charge in [-0.1, -0.05) is 36.4 Å². The lowest BCUT2D eigenvalue weighted by Crippen LogP contribution is -2.30. The summed E-state index contributed by atoms with van der Waals surface area (Å²) >= 11 is 0. The molecule has 0 aliphatic rings. The molecule has 1 aromatic heterocycles. The Bertz CT molecular complexity index is 887. The van der Waals surface area contributed by atoms with E-state index in [4.69, 9.17) is 0 Å². The van der Waals surface area contributed by atoms with E-state index in [2.05, 4.69) is 21.4 Å². The molecule has 0 bridgehead atoms. The second kappa shape index (κ2) is 8.45. The van der Waals surface area contributed by atoms with Gasteiger partial charge in [0.2, 0.25) is 5.95 Å². The number of aromatic nitrogens is 2. The Labute approximate surface area is 160 Å². The minimum absolute atomic E-state index is 0.0701. The molecule has 0 atom stereocenters. The van der Waals surface area contributed by atoms with Crippen LogP contribution < -0.4 is 5.32 Å². The molecule has 3 aromatic rings. The summed E-state index contributed by atoms with van der Waals surface area (Å²) in [7, 11) is 0. The van der Waals surface area contributed by atoms with E-state index in [1.807, 2.05) is 63.2 Å². The molecular weight excluding hydrogens is 336 g/mol. The highest BCUT2D eigenvalue weighted by atomic mass is 16.2. The van der Waals surface area contributed by atoms with Gasteiger partial charge in [-0.15, -0.1) is 0 Å². The molecule has 138 valence electrons. The monoisotopic (exact) mass is 360 g/mol. The molecule has 0 saturated heterocycles. The third kappa shape index (κ3) is 4.91. The molecular formula is C22H24N4O. The van der Waals surface area contributed by atoms with E-state index < -0.39 is 0 Å². The Morgan fingerprint density at radius 2 is 1.63 bits per heavy atom. The van der Waals surface area contributed by atoms with E-state index in [-0.39, 0.29) is 5.91 Å². The van der Waals surface area contributed by atoms with Crippen LogP contribution in [0.2, 0.25) is 0 Å². The van der Waals surface area contributed by atoms with Gasteiger partial charge in [-0.3, -0.25) is 4.79 Å². The maximum atomic E-state index is 12.8. The third-order valence-electron chi connectivity index (χ3n) is 4.26. The summed E-state index contributed by atoms with van der Waals surface area (Å²) in [4.78, 5) is 23.2. The largest absolute Gasteiger partial charge is 0.335 e. The van der Waals surface area contributed by atoms with Gasteiger partial charge >= 0.3 is 0 Å². The van der Waals surface area contributed by atoms with E-state index in [0.29, 0.717) is 24.6 Å². The van der Waals surface area contributed by atoms with Crippen molar-refractivity contribution >= 4 is 17.5 Å². The number of benzene rings is 2. The highest BCUT2D eigenvalue weighted by Crippen LogP contribution is 2.17. The molecule has 0 fully saturated rings. The van der Waals surface area contributed by atoms with Crippen LogP contribution >= 0.6 is 0 Å². The number of carbonyl (C=O) groups excluding carboxylic acids is 1. The van der Waals surface area contributed by atoms with Crippen molar-refractivity contribution in [1.29, 1.82) is 0 Å². The first-order chi connectivity index (χ1) is 13.0. The van der Waals surface area contributed by atoms with Crippen LogP contribution in [0.15, 0.2) is 60.9 Å². The Hall–Kier alpha value is -3.21. The van der Waals surface area contributed by atoms with Crippen molar-refractivity contribution in [2.75, 3.05) is 11.9 Å². The Morgan fingerprint density at radius 3 is 2.22 bits per heavy atom. The van der Waals surface area contributed by atoms with Crippen LogP contribution in [0.1, 0.15) is 34.0 Å². The lowest BCUT2D eigenvalue weighted by Gasteiger charge is -2.21. The fourth-order valence-corrected chi connectivity index (χ4v) is 2.99. The van der Waals surface area contributed by atoms with Gasteiger partial charge in [-0.2, -0.15) is 0 Å². The average Bonchev–Trinajstić information content (AvgIpc) is 2.66. The van der Waals surface area contributed by atoms with Gasteiger partial charge in [0.05, 0.1) is 5.56 Å². The summed E-state index contributed by atoms with van der Waals surface area (Å²) < 4.78 is 0. The second-order valence-corrected chi connectivity index (χ2v) is 6.60. The van der Waals surface area contributed by atoms with Gasteiger partial charge in [-0.25, -0.2) is 9.97 Å². The fourth-order valence-electron chi connectivity index (χ4n) is 2.99. The predicted octanol–water partition coefficient (Wildman–Crippen LogP) is 4.50. The number of anilines is 2. The molecule has 0 saturated carbocycles. The van der Waals surface area contributed by atoms with Crippen molar-refractivity contribution in [3.63, 3.8) is 0 Å². The Balaban J connectivity index is 1.70.